The predicted molar refractivity (Wildman–Crippen MR) is 147 cm³/mol. The average molecular weight is 418 g/mol. The molecule has 0 amide bonds. The molecule has 0 rings (SSSR count). The number of hydrogen-bond acceptors (Lipinski definition) is 3. The van der Waals surface area contributed by atoms with E-state index in [0.717, 1.165) is 13.2 Å². The number of methoxy groups -OCH3 is 1. The second kappa shape index (κ2) is 111. The number of aliphatic hydroxyl groups is 1. The van der Waals surface area contributed by atoms with Crippen LogP contribution in [0.2, 0.25) is 0 Å². The highest BCUT2D eigenvalue weighted by atomic mass is 16.5. The molecule has 0 aromatic rings. The largest absolute Gasteiger partial charge is 0.394 e. The molecule has 188 valence electrons. The number of hydrogen-bond donors (Lipinski definition) is 1. The molecular weight excluding hydrogens is 346 g/mol. The Kier molecular flexibility index (Phi) is 282. The van der Waals surface area contributed by atoms with Gasteiger partial charge in [0.1, 0.15) is 0 Å². The molecule has 0 spiro atoms. The van der Waals surface area contributed by atoms with Gasteiger partial charge in [0.25, 0.3) is 0 Å². The lowest BCUT2D eigenvalue weighted by atomic mass is 10.5. The molecule has 3 heteroatoms. The maximum absolute atomic E-state index is 8.06. The van der Waals surface area contributed by atoms with Crippen molar-refractivity contribution in [3.8, 4) is 0 Å². The molecule has 0 fully saturated rings. The highest BCUT2D eigenvalue weighted by Crippen LogP contribution is 1.65. The Balaban J connectivity index is -0.0000000116. The normalized spacial score (nSPS) is 7.04. The van der Waals surface area contributed by atoms with Crippen LogP contribution in [0.4, 0.5) is 0 Å². The summed E-state index contributed by atoms with van der Waals surface area (Å²) in [6.45, 7) is 17.5. The van der Waals surface area contributed by atoms with Crippen molar-refractivity contribution in [2.45, 2.75) is 113 Å². The lowest BCUT2D eigenvalue weighted by Crippen LogP contribution is -2.08. The highest BCUT2D eigenvalue weighted by Gasteiger charge is 1.72. The van der Waals surface area contributed by atoms with E-state index in [2.05, 4.69) is 30.7 Å². The number of aliphatic hydroxyl groups excluding tert-OH is 1. The smallest absolute Gasteiger partial charge is 0.0483 e. The Morgan fingerprint density at radius 3 is 0.893 bits per heavy atom. The second-order valence-electron chi connectivity index (χ2n) is 4.40. The van der Waals surface area contributed by atoms with Crippen LogP contribution in [0.15, 0.2) is 24.3 Å². The molecule has 0 radical (unpaired) electrons. The van der Waals surface area contributed by atoms with Crippen molar-refractivity contribution in [3.63, 3.8) is 0 Å². The zero-order valence-corrected chi connectivity index (χ0v) is 17.6. The number of rotatable bonds is 2. The van der Waals surface area contributed by atoms with Crippen LogP contribution < -0.4 is 0 Å². The van der Waals surface area contributed by atoms with Gasteiger partial charge in [-0.25, -0.2) is 0 Å². The average Bonchev–Trinajstić information content (AvgIpc) is 2.56. The molecule has 0 aromatic carbocycles. The van der Waals surface area contributed by atoms with Crippen LogP contribution >= 0.6 is 0 Å². The summed E-state index contributed by atoms with van der Waals surface area (Å²) < 4.78 is 10.3. The Labute approximate surface area is 188 Å². The van der Waals surface area contributed by atoms with Gasteiger partial charge in [-0.15, -0.1) is 0 Å². The van der Waals surface area contributed by atoms with E-state index < -0.39 is 0 Å². The minimum Gasteiger partial charge on any atom is -0.394 e. The highest BCUT2D eigenvalue weighted by molar-refractivity contribution is 4.68. The summed E-state index contributed by atoms with van der Waals surface area (Å²) in [7, 11) is 7.04. The van der Waals surface area contributed by atoms with Crippen molar-refractivity contribution in [3.05, 3.63) is 24.3 Å². The molecule has 0 unspecified atom stereocenters. The van der Waals surface area contributed by atoms with Crippen molar-refractivity contribution >= 4 is 0 Å². The van der Waals surface area contributed by atoms with Crippen molar-refractivity contribution in [2.75, 3.05) is 34.4 Å². The maximum Gasteiger partial charge on any atom is 0.0483 e. The summed E-state index contributed by atoms with van der Waals surface area (Å²) >= 11 is 0. The van der Waals surface area contributed by atoms with Crippen LogP contribution in [0.3, 0.4) is 0 Å². The van der Waals surface area contributed by atoms with Crippen LogP contribution in [-0.4, -0.2) is 50.5 Å². The molecule has 3 nitrogen and oxygen atoms in total. The first kappa shape index (κ1) is 71.0. The van der Waals surface area contributed by atoms with Gasteiger partial charge in [-0.05, 0) is 69.1 Å². The first-order chi connectivity index (χ1) is 10.7. The van der Waals surface area contributed by atoms with Gasteiger partial charge in [0.05, 0.1) is 0 Å². The van der Waals surface area contributed by atoms with Gasteiger partial charge in [-0.1, -0.05) is 83.2 Å². The zero-order chi connectivity index (χ0) is 20.1. The molecule has 0 heterocycles. The Morgan fingerprint density at radius 1 is 0.786 bits per heavy atom. The topological polar surface area (TPSA) is 32.7 Å². The molecule has 0 bridgehead atoms. The summed E-state index contributed by atoms with van der Waals surface area (Å²) in [6, 6.07) is 0. The molecule has 0 aliphatic rings. The van der Waals surface area contributed by atoms with E-state index in [1.165, 1.54) is 7.40 Å². The fourth-order valence-electron chi connectivity index (χ4n) is 0. The summed E-state index contributed by atoms with van der Waals surface area (Å²) in [4.78, 5) is 2.12. The lowest BCUT2D eigenvalue weighted by Gasteiger charge is -2.00. The van der Waals surface area contributed by atoms with E-state index in [4.69, 9.17) is 6.48 Å². The van der Waals surface area contributed by atoms with Gasteiger partial charge in [0.2, 0.25) is 0 Å². The van der Waals surface area contributed by atoms with Crippen LogP contribution in [0, 0.1) is 0 Å². The minimum atomic E-state index is -0.167. The quantitative estimate of drug-likeness (QED) is 0.454. The van der Waals surface area contributed by atoms with Gasteiger partial charge in [0.15, 0.2) is 0 Å². The molecule has 0 aliphatic heterocycles. The second-order valence-corrected chi connectivity index (χ2v) is 4.40. The third kappa shape index (κ3) is 792. The van der Waals surface area contributed by atoms with E-state index in [1.54, 1.807) is 21.0 Å². The minimum absolute atomic E-state index is 0. The van der Waals surface area contributed by atoms with Crippen LogP contribution in [-0.2, 0) is 4.74 Å². The van der Waals surface area contributed by atoms with Gasteiger partial charge < -0.3 is 14.7 Å². The molecule has 0 saturated carbocycles. The van der Waals surface area contributed by atoms with Gasteiger partial charge in [-0.3, -0.25) is 0 Å². The fraction of sp³-hybridized carbons (Fsp3) is 0.840. The lowest BCUT2D eigenvalue weighted by molar-refractivity contribution is 0.215. The molecule has 1 N–H and O–H groups in total. The van der Waals surface area contributed by atoms with E-state index in [-0.39, 0.29) is 50.7 Å². The first-order valence-electron chi connectivity index (χ1n) is 8.71. The van der Waals surface area contributed by atoms with E-state index in [0.29, 0.717) is 0 Å². The molecule has 28 heavy (non-hydrogen) atoms. The van der Waals surface area contributed by atoms with Crippen LogP contribution in [0.5, 0.6) is 0 Å². The Morgan fingerprint density at radius 2 is 0.893 bits per heavy atom. The summed E-state index contributed by atoms with van der Waals surface area (Å²) in [5.41, 5.74) is 0. The molecule has 0 aliphatic carbocycles. The zero-order valence-electron chi connectivity index (χ0n) is 18.6. The van der Waals surface area contributed by atoms with Crippen molar-refractivity contribution in [2.24, 2.45) is 0 Å². The van der Waals surface area contributed by atoms with Gasteiger partial charge >= 0.3 is 0 Å². The number of allylic oxidation sites excluding steroid dienone is 4. The van der Waals surface area contributed by atoms with Crippen molar-refractivity contribution in [1.82, 2.24) is 4.90 Å². The monoisotopic (exact) mass is 418 g/mol. The van der Waals surface area contributed by atoms with Crippen molar-refractivity contribution in [1.29, 1.82) is 0 Å². The third-order valence-corrected chi connectivity index (χ3v) is 1.59. The van der Waals surface area contributed by atoms with E-state index >= 15 is 0 Å². The van der Waals surface area contributed by atoms with Gasteiger partial charge in [0, 0.05) is 21.2 Å². The van der Waals surface area contributed by atoms with E-state index in [1.807, 2.05) is 58.9 Å². The van der Waals surface area contributed by atoms with Crippen LogP contribution in [0.1, 0.15) is 109 Å². The fourth-order valence-corrected chi connectivity index (χ4v) is 0. The number of ether oxygens (including phenoxy) is 1. The summed E-state index contributed by atoms with van der Waals surface area (Å²) in [6.07, 6.45) is 7.83. The molecule has 0 aromatic heterocycles. The summed E-state index contributed by atoms with van der Waals surface area (Å²) in [5.74, 6) is 0. The Bertz CT molecular complexity index is 149. The third-order valence-electron chi connectivity index (χ3n) is 1.59. The van der Waals surface area contributed by atoms with E-state index in [9.17, 15) is 0 Å². The molecule has 0 saturated heterocycles. The molecule has 0 atom stereocenters. The maximum atomic E-state index is 8.06. The summed E-state index contributed by atoms with van der Waals surface area (Å²) in [5, 5.41) is 8.06. The number of nitrogens with zero attached hydrogens (tertiary/aromatic N) is 1. The standard InChI is InChI=1S/C4H11N.2C4H8.2C3H8O.7CH4/c1-4-5(2)3;3*1-3-4-2;1-3(2)4;;;;;;;/h4H2,1-3H3;2*3-4H,1-2H3;3H2,1-2H3;3-4H,1-2H3;7*1H4/i;;;;;1H;;;;;;. The predicted octanol–water partition coefficient (Wildman–Crippen LogP) is 9.23. The van der Waals surface area contributed by atoms with Crippen molar-refractivity contribution < 1.29 is 11.2 Å². The van der Waals surface area contributed by atoms with Crippen LogP contribution in [0.25, 0.3) is 0 Å². The molecular formula is C25H71NO2. The van der Waals surface area contributed by atoms with Gasteiger partial charge in [-0.2, -0.15) is 0 Å². The first-order valence-corrected chi connectivity index (χ1v) is 7.71. The SMILES string of the molecule is C.C.C.C.C.C.CC(C)O.CC=CC.CC=CC.CCN(C)C.CCOC.[1H]C. The Hall–Kier alpha value is -0.640.